The number of anilines is 2. The van der Waals surface area contributed by atoms with Crippen LogP contribution in [-0.2, 0) is 0 Å². The molecular weight excluding hydrogens is 442 g/mol. The van der Waals surface area contributed by atoms with Crippen LogP contribution in [0.25, 0.3) is 28.1 Å². The summed E-state index contributed by atoms with van der Waals surface area (Å²) in [6, 6.07) is 30.2. The van der Waals surface area contributed by atoms with Gasteiger partial charge in [0.2, 0.25) is 0 Å². The van der Waals surface area contributed by atoms with E-state index >= 15 is 0 Å². The molecule has 0 unspecified atom stereocenters. The third kappa shape index (κ3) is 4.50. The van der Waals surface area contributed by atoms with E-state index in [2.05, 4.69) is 108 Å². The molecule has 1 saturated heterocycles. The van der Waals surface area contributed by atoms with Crippen LogP contribution in [0.4, 0.5) is 11.4 Å². The Morgan fingerprint density at radius 3 is 2.31 bits per heavy atom. The van der Waals surface area contributed by atoms with Crippen molar-refractivity contribution in [2.24, 2.45) is 4.99 Å². The number of nitrogens with zero attached hydrogens (tertiary/aromatic N) is 3. The van der Waals surface area contributed by atoms with Crippen molar-refractivity contribution in [3.05, 3.63) is 101 Å². The van der Waals surface area contributed by atoms with Gasteiger partial charge in [-0.3, -0.25) is 4.99 Å². The van der Waals surface area contributed by atoms with E-state index in [9.17, 15) is 0 Å². The van der Waals surface area contributed by atoms with Gasteiger partial charge >= 0.3 is 0 Å². The number of hydrogen-bond donors (Lipinski definition) is 2. The van der Waals surface area contributed by atoms with E-state index < -0.39 is 0 Å². The lowest BCUT2D eigenvalue weighted by atomic mass is 10.1. The van der Waals surface area contributed by atoms with E-state index in [-0.39, 0.29) is 0 Å². The normalized spacial score (nSPS) is 15.0. The molecule has 3 aromatic rings. The van der Waals surface area contributed by atoms with Crippen molar-refractivity contribution < 1.29 is 0 Å². The first-order chi connectivity index (χ1) is 17.6. The minimum atomic E-state index is 0.309. The largest absolute Gasteiger partial charge is 0.354 e. The van der Waals surface area contributed by atoms with Gasteiger partial charge in [-0.2, -0.15) is 0 Å². The van der Waals surface area contributed by atoms with E-state index in [1.807, 2.05) is 6.07 Å². The Hall–Kier alpha value is -3.96. The standard InChI is InChI=1S/C31H31N5/c1-21-7-11-23(12-8-21)33-27-19-29-31(20-28(27)34-24-15-17-32-18-16-24)36(25-13-9-22(2)10-14-25)30-6-4-3-5-26(30)35-29/h3-14,19-20,24,32-33H,15-18H2,1-2H3/b34-28+. The molecule has 5 nitrogen and oxygen atoms in total. The Morgan fingerprint density at radius 1 is 0.861 bits per heavy atom. The van der Waals surface area contributed by atoms with E-state index in [1.54, 1.807) is 0 Å². The van der Waals surface area contributed by atoms with E-state index in [0.717, 1.165) is 70.8 Å². The number of aryl methyl sites for hydroxylation is 2. The first kappa shape index (κ1) is 22.5. The average molecular weight is 474 g/mol. The number of piperidine rings is 1. The van der Waals surface area contributed by atoms with Crippen LogP contribution in [0.15, 0.2) is 89.9 Å². The molecule has 0 aromatic heterocycles. The fourth-order valence-corrected chi connectivity index (χ4v) is 4.95. The average Bonchev–Trinajstić information content (AvgIpc) is 2.90. The molecule has 0 amide bonds. The number of aromatic nitrogens is 2. The molecule has 1 fully saturated rings. The summed E-state index contributed by atoms with van der Waals surface area (Å²) >= 11 is 0. The molecule has 0 saturated carbocycles. The highest BCUT2D eigenvalue weighted by Crippen LogP contribution is 2.30. The second-order valence-corrected chi connectivity index (χ2v) is 9.73. The van der Waals surface area contributed by atoms with Crippen LogP contribution in [0.5, 0.6) is 0 Å². The molecule has 0 spiro atoms. The lowest BCUT2D eigenvalue weighted by Gasteiger charge is -2.22. The Bertz CT molecular complexity index is 1540. The molecule has 0 radical (unpaired) electrons. The molecule has 2 N–H and O–H groups in total. The second kappa shape index (κ2) is 9.59. The van der Waals surface area contributed by atoms with Gasteiger partial charge in [-0.25, -0.2) is 4.98 Å². The Labute approximate surface area is 211 Å². The molecule has 0 atom stereocenters. The Balaban J connectivity index is 1.61. The van der Waals surface area contributed by atoms with Crippen LogP contribution < -0.4 is 16.0 Å². The van der Waals surface area contributed by atoms with E-state index in [1.165, 1.54) is 11.1 Å². The highest BCUT2D eigenvalue weighted by atomic mass is 15.0. The molecule has 3 aromatic carbocycles. The van der Waals surface area contributed by atoms with Gasteiger partial charge in [0.1, 0.15) is 0 Å². The maximum atomic E-state index is 5.27. The topological polar surface area (TPSA) is 54.2 Å². The third-order valence-corrected chi connectivity index (χ3v) is 6.95. The van der Waals surface area contributed by atoms with Crippen LogP contribution in [0.1, 0.15) is 24.0 Å². The van der Waals surface area contributed by atoms with E-state index in [4.69, 9.17) is 9.98 Å². The third-order valence-electron chi connectivity index (χ3n) is 6.95. The summed E-state index contributed by atoms with van der Waals surface area (Å²) in [7, 11) is 0. The van der Waals surface area contributed by atoms with Gasteiger partial charge in [-0.15, -0.1) is 0 Å². The van der Waals surface area contributed by atoms with Crippen molar-refractivity contribution in [1.29, 1.82) is 0 Å². The smallest absolute Gasteiger partial charge is 0.0900 e. The first-order valence-corrected chi connectivity index (χ1v) is 12.7. The number of fused-ring (bicyclic) bond motifs is 2. The molecule has 6 rings (SSSR count). The summed E-state index contributed by atoms with van der Waals surface area (Å²) in [5.74, 6) is 0. The zero-order valence-corrected chi connectivity index (χ0v) is 20.8. The van der Waals surface area contributed by atoms with Crippen LogP contribution in [0.2, 0.25) is 0 Å². The summed E-state index contributed by atoms with van der Waals surface area (Å²) < 4.78 is 2.31. The molecule has 1 aliphatic carbocycles. The zero-order valence-electron chi connectivity index (χ0n) is 20.8. The van der Waals surface area contributed by atoms with Crippen molar-refractivity contribution in [2.45, 2.75) is 32.7 Å². The summed E-state index contributed by atoms with van der Waals surface area (Å²) in [5.41, 5.74) is 9.69. The summed E-state index contributed by atoms with van der Waals surface area (Å²) in [4.78, 5) is 10.3. The number of para-hydroxylation sites is 2. The monoisotopic (exact) mass is 473 g/mol. The van der Waals surface area contributed by atoms with Crippen molar-refractivity contribution in [3.8, 4) is 17.1 Å². The van der Waals surface area contributed by atoms with Crippen LogP contribution >= 0.6 is 0 Å². The lowest BCUT2D eigenvalue weighted by Crippen LogP contribution is -2.31. The van der Waals surface area contributed by atoms with Crippen molar-refractivity contribution in [1.82, 2.24) is 14.9 Å². The van der Waals surface area contributed by atoms with Gasteiger partial charge in [-0.05, 0) is 88.3 Å². The van der Waals surface area contributed by atoms with Crippen molar-refractivity contribution in [2.75, 3.05) is 18.4 Å². The maximum Gasteiger partial charge on any atom is 0.0900 e. The number of rotatable bonds is 4. The van der Waals surface area contributed by atoms with Gasteiger partial charge in [-0.1, -0.05) is 47.5 Å². The lowest BCUT2D eigenvalue weighted by molar-refractivity contribution is 0.454. The van der Waals surface area contributed by atoms with Crippen molar-refractivity contribution in [3.63, 3.8) is 0 Å². The van der Waals surface area contributed by atoms with Gasteiger partial charge in [0.05, 0.1) is 39.5 Å². The molecule has 5 heteroatoms. The summed E-state index contributed by atoms with van der Waals surface area (Å²) in [5, 5.41) is 8.07. The van der Waals surface area contributed by atoms with Crippen LogP contribution in [0, 0.1) is 13.8 Å². The number of hydrogen-bond acceptors (Lipinski definition) is 4. The quantitative estimate of drug-likeness (QED) is 0.308. The predicted octanol–water partition coefficient (Wildman–Crippen LogP) is 6.14. The summed E-state index contributed by atoms with van der Waals surface area (Å²) in [6.07, 6.45) is 2.10. The van der Waals surface area contributed by atoms with E-state index in [0.29, 0.717) is 6.04 Å². The molecule has 180 valence electrons. The minimum Gasteiger partial charge on any atom is -0.354 e. The maximum absolute atomic E-state index is 5.27. The molecule has 36 heavy (non-hydrogen) atoms. The predicted molar refractivity (Wildman–Crippen MR) is 148 cm³/mol. The molecule has 0 bridgehead atoms. The number of benzene rings is 4. The van der Waals surface area contributed by atoms with Gasteiger partial charge < -0.3 is 15.2 Å². The fourth-order valence-electron chi connectivity index (χ4n) is 4.95. The molecular formula is C31H31N5. The Morgan fingerprint density at radius 2 is 1.56 bits per heavy atom. The molecule has 2 aliphatic heterocycles. The van der Waals surface area contributed by atoms with Crippen molar-refractivity contribution >= 4 is 22.4 Å². The second-order valence-electron chi connectivity index (χ2n) is 9.73. The van der Waals surface area contributed by atoms with Gasteiger partial charge in [0, 0.05) is 11.4 Å². The summed E-state index contributed by atoms with van der Waals surface area (Å²) in [6.45, 7) is 6.25. The number of nitrogens with one attached hydrogen (secondary N) is 2. The van der Waals surface area contributed by atoms with Crippen LogP contribution in [-0.4, -0.2) is 28.7 Å². The highest BCUT2D eigenvalue weighted by Gasteiger charge is 2.18. The van der Waals surface area contributed by atoms with Crippen LogP contribution in [0.3, 0.4) is 0 Å². The molecule has 3 aliphatic rings. The van der Waals surface area contributed by atoms with Gasteiger partial charge in [0.25, 0.3) is 0 Å². The zero-order chi connectivity index (χ0) is 24.5. The molecule has 2 heterocycles. The van der Waals surface area contributed by atoms with Gasteiger partial charge in [0.15, 0.2) is 0 Å². The minimum absolute atomic E-state index is 0.309. The fraction of sp³-hybridized carbons (Fsp3) is 0.226. The Kier molecular flexibility index (Phi) is 5.99. The first-order valence-electron chi connectivity index (χ1n) is 12.7. The SMILES string of the molecule is Cc1ccc(Nc2cc3nc4ccccc4n(-c4ccc(C)cc4)c-3c/c2=N\C2CCNCC2)cc1. The highest BCUT2D eigenvalue weighted by molar-refractivity contribution is 5.84.